The third-order valence-electron chi connectivity index (χ3n) is 4.72. The number of nitrogens with zero attached hydrogens (tertiary/aromatic N) is 2. The van der Waals surface area contributed by atoms with E-state index in [1.54, 1.807) is 27.5 Å². The summed E-state index contributed by atoms with van der Waals surface area (Å²) in [5, 5.41) is 7.59. The van der Waals surface area contributed by atoms with Crippen LogP contribution in [0, 0.1) is 0 Å². The largest absolute Gasteiger partial charge is 0.493 e. The van der Waals surface area contributed by atoms with Crippen molar-refractivity contribution in [3.05, 3.63) is 75.2 Å². The molecular formula is C22H24ClN3O4. The molecule has 1 unspecified atom stereocenters. The van der Waals surface area contributed by atoms with Crippen LogP contribution in [0.2, 0.25) is 5.02 Å². The van der Waals surface area contributed by atoms with Gasteiger partial charge in [-0.1, -0.05) is 41.9 Å². The number of hydrogen-bond donors (Lipinski definition) is 1. The Balaban J connectivity index is 1.86. The molecule has 0 aliphatic carbocycles. The van der Waals surface area contributed by atoms with Gasteiger partial charge < -0.3 is 19.5 Å². The molecule has 158 valence electrons. The summed E-state index contributed by atoms with van der Waals surface area (Å²) in [7, 11) is 4.68. The fraction of sp³-hybridized carbons (Fsp3) is 0.273. The second-order valence-corrected chi connectivity index (χ2v) is 7.02. The molecule has 0 amide bonds. The first-order valence-electron chi connectivity index (χ1n) is 9.34. The summed E-state index contributed by atoms with van der Waals surface area (Å²) in [4.78, 5) is 12.7. The predicted octanol–water partition coefficient (Wildman–Crippen LogP) is 4.14. The lowest BCUT2D eigenvalue weighted by atomic mass is 10.1. The molecule has 7 nitrogen and oxygen atoms in total. The van der Waals surface area contributed by atoms with E-state index in [0.717, 1.165) is 11.1 Å². The zero-order valence-corrected chi connectivity index (χ0v) is 18.1. The van der Waals surface area contributed by atoms with E-state index in [2.05, 4.69) is 10.4 Å². The second kappa shape index (κ2) is 9.54. The van der Waals surface area contributed by atoms with Crippen LogP contribution in [0.5, 0.6) is 17.2 Å². The summed E-state index contributed by atoms with van der Waals surface area (Å²) < 4.78 is 17.5. The van der Waals surface area contributed by atoms with E-state index >= 15 is 0 Å². The molecule has 0 bridgehead atoms. The molecule has 0 saturated carbocycles. The standard InChI is InChI=1S/C22H24ClN3O4/c1-14(16-10-18(28-2)21(30-4)19(11-16)29-3)25-17-12-24-26(22(27)20(17)23)13-15-8-6-5-7-9-15/h5-12,14,25H,13H2,1-4H3. The lowest BCUT2D eigenvalue weighted by Gasteiger charge is -2.20. The quantitative estimate of drug-likeness (QED) is 0.580. The Hall–Kier alpha value is -3.19. The average Bonchev–Trinajstić information content (AvgIpc) is 2.78. The van der Waals surface area contributed by atoms with Crippen LogP contribution in [-0.2, 0) is 6.54 Å². The maximum atomic E-state index is 12.7. The van der Waals surface area contributed by atoms with Crippen molar-refractivity contribution in [2.45, 2.75) is 19.5 Å². The Morgan fingerprint density at radius 2 is 1.70 bits per heavy atom. The van der Waals surface area contributed by atoms with Crippen LogP contribution < -0.4 is 25.1 Å². The van der Waals surface area contributed by atoms with Crippen LogP contribution in [0.4, 0.5) is 5.69 Å². The zero-order valence-electron chi connectivity index (χ0n) is 17.3. The first kappa shape index (κ1) is 21.5. The number of ether oxygens (including phenoxy) is 3. The van der Waals surface area contributed by atoms with Gasteiger partial charge in [-0.05, 0) is 30.2 Å². The molecule has 0 aliphatic heterocycles. The van der Waals surface area contributed by atoms with Gasteiger partial charge in [0.2, 0.25) is 5.75 Å². The fourth-order valence-electron chi connectivity index (χ4n) is 3.10. The number of benzene rings is 2. The van der Waals surface area contributed by atoms with Gasteiger partial charge in [0.1, 0.15) is 5.02 Å². The maximum Gasteiger partial charge on any atom is 0.287 e. The van der Waals surface area contributed by atoms with E-state index in [9.17, 15) is 4.79 Å². The van der Waals surface area contributed by atoms with E-state index in [1.165, 1.54) is 4.68 Å². The van der Waals surface area contributed by atoms with E-state index in [1.807, 2.05) is 49.4 Å². The molecule has 1 N–H and O–H groups in total. The molecule has 30 heavy (non-hydrogen) atoms. The SMILES string of the molecule is COc1cc(C(C)Nc2cnn(Cc3ccccc3)c(=O)c2Cl)cc(OC)c1OC. The van der Waals surface area contributed by atoms with Crippen molar-refractivity contribution in [3.63, 3.8) is 0 Å². The first-order chi connectivity index (χ1) is 14.5. The molecule has 0 fully saturated rings. The number of halogens is 1. The maximum absolute atomic E-state index is 12.7. The van der Waals surface area contributed by atoms with Gasteiger partial charge in [-0.15, -0.1) is 0 Å². The van der Waals surface area contributed by atoms with Gasteiger partial charge in [-0.25, -0.2) is 4.68 Å². The van der Waals surface area contributed by atoms with Gasteiger partial charge in [0.05, 0.1) is 39.8 Å². The highest BCUT2D eigenvalue weighted by Crippen LogP contribution is 2.40. The number of rotatable bonds is 8. The topological polar surface area (TPSA) is 74.6 Å². The molecule has 1 aromatic heterocycles. The Morgan fingerprint density at radius 3 is 2.27 bits per heavy atom. The smallest absolute Gasteiger partial charge is 0.287 e. The Morgan fingerprint density at radius 1 is 1.07 bits per heavy atom. The zero-order chi connectivity index (χ0) is 21.7. The van der Waals surface area contributed by atoms with Gasteiger partial charge in [-0.3, -0.25) is 4.79 Å². The first-order valence-corrected chi connectivity index (χ1v) is 9.72. The summed E-state index contributed by atoms with van der Waals surface area (Å²) in [5.74, 6) is 1.60. The molecule has 8 heteroatoms. The van der Waals surface area contributed by atoms with E-state index in [4.69, 9.17) is 25.8 Å². The molecular weight excluding hydrogens is 406 g/mol. The normalized spacial score (nSPS) is 11.6. The average molecular weight is 430 g/mol. The van der Waals surface area contributed by atoms with E-state index in [-0.39, 0.29) is 16.6 Å². The van der Waals surface area contributed by atoms with Gasteiger partial charge in [0.15, 0.2) is 11.5 Å². The molecule has 1 heterocycles. The molecule has 1 atom stereocenters. The van der Waals surface area contributed by atoms with Crippen molar-refractivity contribution < 1.29 is 14.2 Å². The van der Waals surface area contributed by atoms with Gasteiger partial charge >= 0.3 is 0 Å². The summed E-state index contributed by atoms with van der Waals surface area (Å²) in [6.07, 6.45) is 1.56. The fourth-order valence-corrected chi connectivity index (χ4v) is 3.30. The summed E-state index contributed by atoms with van der Waals surface area (Å²) >= 11 is 6.36. The molecule has 0 spiro atoms. The lowest BCUT2D eigenvalue weighted by Crippen LogP contribution is -2.25. The number of methoxy groups -OCH3 is 3. The van der Waals surface area contributed by atoms with Crippen LogP contribution in [0.1, 0.15) is 24.1 Å². The Kier molecular flexibility index (Phi) is 6.84. The summed E-state index contributed by atoms with van der Waals surface area (Å²) in [6, 6.07) is 13.1. The predicted molar refractivity (Wildman–Crippen MR) is 117 cm³/mol. The minimum absolute atomic E-state index is 0.0835. The van der Waals surface area contributed by atoms with Crippen molar-refractivity contribution in [3.8, 4) is 17.2 Å². The molecule has 3 rings (SSSR count). The van der Waals surface area contributed by atoms with E-state index in [0.29, 0.717) is 29.5 Å². The van der Waals surface area contributed by atoms with Crippen LogP contribution in [0.25, 0.3) is 0 Å². The number of hydrogen-bond acceptors (Lipinski definition) is 6. The number of nitrogens with one attached hydrogen (secondary N) is 1. The van der Waals surface area contributed by atoms with Crippen LogP contribution in [0.15, 0.2) is 53.5 Å². The third-order valence-corrected chi connectivity index (χ3v) is 5.08. The summed E-state index contributed by atoms with van der Waals surface area (Å²) in [5.41, 5.74) is 1.93. The molecule has 0 saturated heterocycles. The van der Waals surface area contributed by atoms with Gasteiger partial charge in [-0.2, -0.15) is 5.10 Å². The molecule has 3 aromatic rings. The van der Waals surface area contributed by atoms with Gasteiger partial charge in [0.25, 0.3) is 5.56 Å². The second-order valence-electron chi connectivity index (χ2n) is 6.65. The highest BCUT2D eigenvalue weighted by Gasteiger charge is 2.18. The van der Waals surface area contributed by atoms with E-state index < -0.39 is 0 Å². The molecule has 0 radical (unpaired) electrons. The van der Waals surface area contributed by atoms with Crippen LogP contribution in [-0.4, -0.2) is 31.1 Å². The number of anilines is 1. The summed E-state index contributed by atoms with van der Waals surface area (Å²) in [6.45, 7) is 2.29. The Labute approximate surface area is 180 Å². The van der Waals surface area contributed by atoms with Crippen LogP contribution in [0.3, 0.4) is 0 Å². The highest BCUT2D eigenvalue weighted by molar-refractivity contribution is 6.32. The van der Waals surface area contributed by atoms with Crippen molar-refractivity contribution in [2.75, 3.05) is 26.6 Å². The van der Waals surface area contributed by atoms with Crippen molar-refractivity contribution in [1.29, 1.82) is 0 Å². The van der Waals surface area contributed by atoms with Crippen molar-refractivity contribution >= 4 is 17.3 Å². The molecule has 0 aliphatic rings. The minimum atomic E-state index is -0.359. The van der Waals surface area contributed by atoms with Crippen molar-refractivity contribution in [1.82, 2.24) is 9.78 Å². The number of aromatic nitrogens is 2. The highest BCUT2D eigenvalue weighted by atomic mass is 35.5. The molecule has 2 aromatic carbocycles. The van der Waals surface area contributed by atoms with Crippen LogP contribution >= 0.6 is 11.6 Å². The Bertz CT molecular complexity index is 1040. The third kappa shape index (κ3) is 4.52. The van der Waals surface area contributed by atoms with Gasteiger partial charge in [0, 0.05) is 6.04 Å². The lowest BCUT2D eigenvalue weighted by molar-refractivity contribution is 0.323. The monoisotopic (exact) mass is 429 g/mol. The minimum Gasteiger partial charge on any atom is -0.493 e. The van der Waals surface area contributed by atoms with Crippen molar-refractivity contribution in [2.24, 2.45) is 0 Å².